The fourth-order valence-corrected chi connectivity index (χ4v) is 3.62. The number of hydrogen-bond acceptors (Lipinski definition) is 2. The topological polar surface area (TPSA) is 52.7 Å². The Morgan fingerprint density at radius 2 is 1.87 bits per heavy atom. The van der Waals surface area contributed by atoms with Crippen molar-refractivity contribution in [2.45, 2.75) is 38.6 Å². The van der Waals surface area contributed by atoms with E-state index < -0.39 is 0 Å². The van der Waals surface area contributed by atoms with Gasteiger partial charge in [0.1, 0.15) is 0 Å². The molecule has 5 heteroatoms. The van der Waals surface area contributed by atoms with E-state index in [1.807, 2.05) is 21.9 Å². The van der Waals surface area contributed by atoms with Crippen LogP contribution >= 0.6 is 0 Å². The molecule has 23 heavy (non-hydrogen) atoms. The van der Waals surface area contributed by atoms with Crippen LogP contribution in [-0.4, -0.2) is 47.9 Å². The van der Waals surface area contributed by atoms with Crippen molar-refractivity contribution in [3.05, 3.63) is 35.4 Å². The van der Waals surface area contributed by atoms with Crippen LogP contribution in [0.4, 0.5) is 4.79 Å². The fraction of sp³-hybridized carbons (Fsp3) is 0.556. The summed E-state index contributed by atoms with van der Waals surface area (Å²) in [5.41, 5.74) is 2.43. The van der Waals surface area contributed by atoms with Gasteiger partial charge in [0.15, 0.2) is 0 Å². The molecular weight excluding hydrogens is 290 g/mol. The largest absolute Gasteiger partial charge is 0.341 e. The highest BCUT2D eigenvalue weighted by molar-refractivity contribution is 5.84. The van der Waals surface area contributed by atoms with Gasteiger partial charge in [-0.05, 0) is 43.7 Å². The second kappa shape index (κ2) is 7.02. The number of nitrogens with zero attached hydrogens (tertiary/aromatic N) is 2. The van der Waals surface area contributed by atoms with Crippen LogP contribution in [0.1, 0.15) is 42.9 Å². The maximum atomic E-state index is 12.5. The molecule has 2 fully saturated rings. The summed E-state index contributed by atoms with van der Waals surface area (Å²) in [5, 5.41) is 2.82. The summed E-state index contributed by atoms with van der Waals surface area (Å²) in [5.74, 6) is 0.0301. The van der Waals surface area contributed by atoms with Crippen molar-refractivity contribution < 1.29 is 9.59 Å². The zero-order valence-electron chi connectivity index (χ0n) is 13.8. The molecule has 1 aromatic carbocycles. The second-order valence-corrected chi connectivity index (χ2v) is 6.45. The van der Waals surface area contributed by atoms with Crippen LogP contribution in [0.5, 0.6) is 0 Å². The van der Waals surface area contributed by atoms with Crippen molar-refractivity contribution >= 4 is 11.9 Å². The first-order chi connectivity index (χ1) is 11.2. The third-order valence-corrected chi connectivity index (χ3v) is 4.91. The maximum absolute atomic E-state index is 12.5. The summed E-state index contributed by atoms with van der Waals surface area (Å²) in [4.78, 5) is 28.3. The van der Waals surface area contributed by atoms with E-state index >= 15 is 0 Å². The molecule has 0 spiro atoms. The fourth-order valence-electron chi connectivity index (χ4n) is 3.62. The standard InChI is InChI=1S/C18H25N3O2/c1-14-7-2-3-8-15(14)16-9-6-12-21(16)18(23)19-13-17(22)20-10-4-5-11-20/h2-3,7-8,16H,4-6,9-13H2,1H3,(H,19,23). The molecule has 1 unspecified atom stereocenters. The Kier molecular flexibility index (Phi) is 4.84. The number of carbonyl (C=O) groups is 2. The first kappa shape index (κ1) is 15.8. The molecule has 3 rings (SSSR count). The molecular formula is C18H25N3O2. The average Bonchev–Trinajstić information content (AvgIpc) is 3.24. The Hall–Kier alpha value is -2.04. The molecule has 3 amide bonds. The maximum Gasteiger partial charge on any atom is 0.318 e. The minimum absolute atomic E-state index is 0.0301. The van der Waals surface area contributed by atoms with Crippen molar-refractivity contribution in [3.8, 4) is 0 Å². The molecule has 1 aromatic rings. The first-order valence-corrected chi connectivity index (χ1v) is 8.54. The van der Waals surface area contributed by atoms with E-state index in [0.717, 1.165) is 45.3 Å². The molecule has 0 aromatic heterocycles. The lowest BCUT2D eigenvalue weighted by Crippen LogP contribution is -2.44. The number of carbonyl (C=O) groups excluding carboxylic acids is 2. The molecule has 2 saturated heterocycles. The SMILES string of the molecule is Cc1ccccc1C1CCCN1C(=O)NCC(=O)N1CCCC1. The van der Waals surface area contributed by atoms with E-state index in [4.69, 9.17) is 0 Å². The van der Waals surface area contributed by atoms with Crippen molar-refractivity contribution in [1.29, 1.82) is 0 Å². The van der Waals surface area contributed by atoms with Gasteiger partial charge in [0.05, 0.1) is 12.6 Å². The van der Waals surface area contributed by atoms with Crippen LogP contribution in [0.15, 0.2) is 24.3 Å². The minimum Gasteiger partial charge on any atom is -0.341 e. The van der Waals surface area contributed by atoms with E-state index in [9.17, 15) is 9.59 Å². The van der Waals surface area contributed by atoms with Gasteiger partial charge in [0.25, 0.3) is 0 Å². The Morgan fingerprint density at radius 3 is 2.61 bits per heavy atom. The van der Waals surface area contributed by atoms with Gasteiger partial charge in [-0.2, -0.15) is 0 Å². The van der Waals surface area contributed by atoms with Crippen LogP contribution in [0, 0.1) is 6.92 Å². The van der Waals surface area contributed by atoms with Gasteiger partial charge in [-0.1, -0.05) is 24.3 Å². The predicted molar refractivity (Wildman–Crippen MR) is 89.1 cm³/mol. The Bertz CT molecular complexity index is 581. The lowest BCUT2D eigenvalue weighted by molar-refractivity contribution is -0.129. The average molecular weight is 315 g/mol. The summed E-state index contributed by atoms with van der Waals surface area (Å²) in [6.07, 6.45) is 4.13. The van der Waals surface area contributed by atoms with E-state index in [1.165, 1.54) is 11.1 Å². The molecule has 1 atom stereocenters. The van der Waals surface area contributed by atoms with E-state index in [-0.39, 0.29) is 24.5 Å². The number of hydrogen-bond donors (Lipinski definition) is 1. The monoisotopic (exact) mass is 315 g/mol. The number of urea groups is 1. The highest BCUT2D eigenvalue weighted by Gasteiger charge is 2.31. The summed E-state index contributed by atoms with van der Waals surface area (Å²) in [6, 6.07) is 8.23. The lowest BCUT2D eigenvalue weighted by Gasteiger charge is -2.27. The Labute approximate surface area is 137 Å². The van der Waals surface area contributed by atoms with Crippen LogP contribution < -0.4 is 5.32 Å². The normalized spacial score (nSPS) is 20.8. The summed E-state index contributed by atoms with van der Waals surface area (Å²) >= 11 is 0. The highest BCUT2D eigenvalue weighted by atomic mass is 16.2. The van der Waals surface area contributed by atoms with Gasteiger partial charge >= 0.3 is 6.03 Å². The quantitative estimate of drug-likeness (QED) is 0.931. The van der Waals surface area contributed by atoms with Gasteiger partial charge in [0, 0.05) is 19.6 Å². The number of likely N-dealkylation sites (tertiary alicyclic amines) is 2. The predicted octanol–water partition coefficient (Wildman–Crippen LogP) is 2.46. The van der Waals surface area contributed by atoms with Crippen molar-refractivity contribution in [3.63, 3.8) is 0 Å². The Morgan fingerprint density at radius 1 is 1.13 bits per heavy atom. The van der Waals surface area contributed by atoms with Crippen molar-refractivity contribution in [1.82, 2.24) is 15.1 Å². The third-order valence-electron chi connectivity index (χ3n) is 4.91. The molecule has 5 nitrogen and oxygen atoms in total. The summed E-state index contributed by atoms with van der Waals surface area (Å²) in [7, 11) is 0. The van der Waals surface area contributed by atoms with Crippen LogP contribution in [0.3, 0.4) is 0 Å². The van der Waals surface area contributed by atoms with Gasteiger partial charge in [-0.25, -0.2) is 4.79 Å². The summed E-state index contributed by atoms with van der Waals surface area (Å²) in [6.45, 7) is 4.59. The minimum atomic E-state index is -0.122. The second-order valence-electron chi connectivity index (χ2n) is 6.45. The van der Waals surface area contributed by atoms with E-state index in [2.05, 4.69) is 24.4 Å². The molecule has 0 radical (unpaired) electrons. The number of aryl methyl sites for hydroxylation is 1. The van der Waals surface area contributed by atoms with Crippen LogP contribution in [0.2, 0.25) is 0 Å². The lowest BCUT2D eigenvalue weighted by atomic mass is 9.99. The Balaban J connectivity index is 1.60. The van der Waals surface area contributed by atoms with Crippen molar-refractivity contribution in [2.75, 3.05) is 26.2 Å². The van der Waals surface area contributed by atoms with Crippen molar-refractivity contribution in [2.24, 2.45) is 0 Å². The highest BCUT2D eigenvalue weighted by Crippen LogP contribution is 2.33. The number of nitrogens with one attached hydrogen (secondary N) is 1. The molecule has 0 bridgehead atoms. The molecule has 2 aliphatic rings. The zero-order valence-corrected chi connectivity index (χ0v) is 13.8. The van der Waals surface area contributed by atoms with Crippen LogP contribution in [0.25, 0.3) is 0 Å². The van der Waals surface area contributed by atoms with Gasteiger partial charge in [-0.15, -0.1) is 0 Å². The van der Waals surface area contributed by atoms with Gasteiger partial charge in [-0.3, -0.25) is 4.79 Å². The number of rotatable bonds is 3. The van der Waals surface area contributed by atoms with E-state index in [1.54, 1.807) is 0 Å². The molecule has 2 aliphatic heterocycles. The smallest absolute Gasteiger partial charge is 0.318 e. The number of amides is 3. The van der Waals surface area contributed by atoms with Gasteiger partial charge < -0.3 is 15.1 Å². The molecule has 2 heterocycles. The molecule has 1 N–H and O–H groups in total. The van der Waals surface area contributed by atoms with Crippen LogP contribution in [-0.2, 0) is 4.79 Å². The molecule has 0 saturated carbocycles. The summed E-state index contributed by atoms with van der Waals surface area (Å²) < 4.78 is 0. The third kappa shape index (κ3) is 3.49. The van der Waals surface area contributed by atoms with E-state index in [0.29, 0.717) is 0 Å². The van der Waals surface area contributed by atoms with Gasteiger partial charge in [0.2, 0.25) is 5.91 Å². The molecule has 124 valence electrons. The number of benzene rings is 1. The first-order valence-electron chi connectivity index (χ1n) is 8.54. The molecule has 0 aliphatic carbocycles. The zero-order chi connectivity index (χ0) is 16.2.